The van der Waals surface area contributed by atoms with E-state index in [0.717, 1.165) is 30.8 Å². The van der Waals surface area contributed by atoms with E-state index in [1.54, 1.807) is 10.9 Å². The Morgan fingerprint density at radius 2 is 2.32 bits per heavy atom. The normalized spacial score (nSPS) is 18.0. The molecule has 1 unspecified atom stereocenters. The van der Waals surface area contributed by atoms with Crippen molar-refractivity contribution in [3.05, 3.63) is 46.7 Å². The molecule has 5 nitrogen and oxygen atoms in total. The maximum absolute atomic E-state index is 12.7. The highest BCUT2D eigenvalue weighted by atomic mass is 35.5. The smallest absolute Gasteiger partial charge is 0.257 e. The van der Waals surface area contributed by atoms with Crippen LogP contribution in [0.1, 0.15) is 28.9 Å². The van der Waals surface area contributed by atoms with Gasteiger partial charge in [0.05, 0.1) is 23.1 Å². The first-order chi connectivity index (χ1) is 10.6. The molecule has 0 spiro atoms. The third-order valence-electron chi connectivity index (χ3n) is 4.20. The summed E-state index contributed by atoms with van der Waals surface area (Å²) in [5.74, 6) is 0.0127. The Bertz CT molecular complexity index is 697. The van der Waals surface area contributed by atoms with Crippen molar-refractivity contribution >= 4 is 17.5 Å². The van der Waals surface area contributed by atoms with Gasteiger partial charge < -0.3 is 10.6 Å². The van der Waals surface area contributed by atoms with Crippen LogP contribution < -0.4 is 5.73 Å². The van der Waals surface area contributed by atoms with Gasteiger partial charge in [0.2, 0.25) is 0 Å². The van der Waals surface area contributed by atoms with Crippen LogP contribution in [0.2, 0.25) is 5.02 Å². The number of rotatable bonds is 3. The van der Waals surface area contributed by atoms with Gasteiger partial charge in [0.25, 0.3) is 5.91 Å². The maximum atomic E-state index is 12.7. The molecule has 1 aromatic heterocycles. The van der Waals surface area contributed by atoms with E-state index in [0.29, 0.717) is 17.1 Å². The van der Waals surface area contributed by atoms with Crippen LogP contribution >= 0.6 is 11.6 Å². The van der Waals surface area contributed by atoms with Gasteiger partial charge in [0, 0.05) is 24.2 Å². The molecule has 1 fully saturated rings. The van der Waals surface area contributed by atoms with Crippen LogP contribution in [0.4, 0.5) is 0 Å². The van der Waals surface area contributed by atoms with E-state index in [4.69, 9.17) is 17.3 Å². The molecule has 3 rings (SSSR count). The van der Waals surface area contributed by atoms with Gasteiger partial charge in [-0.3, -0.25) is 4.79 Å². The van der Waals surface area contributed by atoms with Gasteiger partial charge in [-0.05, 0) is 38.0 Å². The van der Waals surface area contributed by atoms with Gasteiger partial charge in [0.15, 0.2) is 0 Å². The predicted octanol–water partition coefficient (Wildman–Crippen LogP) is 2.40. The number of amides is 1. The summed E-state index contributed by atoms with van der Waals surface area (Å²) in [5, 5.41) is 4.99. The van der Waals surface area contributed by atoms with E-state index in [-0.39, 0.29) is 11.9 Å². The second-order valence-corrected chi connectivity index (χ2v) is 6.00. The molecule has 2 heterocycles. The predicted molar refractivity (Wildman–Crippen MR) is 86.4 cm³/mol. The molecule has 2 N–H and O–H groups in total. The van der Waals surface area contributed by atoms with E-state index in [1.165, 1.54) is 0 Å². The number of halogens is 1. The van der Waals surface area contributed by atoms with Crippen molar-refractivity contribution in [2.24, 2.45) is 5.73 Å². The Balaban J connectivity index is 1.92. The zero-order valence-electron chi connectivity index (χ0n) is 12.5. The fraction of sp³-hybridized carbons (Fsp3) is 0.375. The zero-order chi connectivity index (χ0) is 15.7. The molecule has 116 valence electrons. The maximum Gasteiger partial charge on any atom is 0.257 e. The average Bonchev–Trinajstić information content (AvgIpc) is 3.12. The van der Waals surface area contributed by atoms with E-state index < -0.39 is 0 Å². The Hall–Kier alpha value is -1.85. The Morgan fingerprint density at radius 3 is 3.05 bits per heavy atom. The molecule has 0 aliphatic carbocycles. The number of hydrogen-bond acceptors (Lipinski definition) is 3. The highest BCUT2D eigenvalue weighted by Gasteiger charge is 2.30. The molecule has 1 aliphatic rings. The lowest BCUT2D eigenvalue weighted by atomic mass is 10.2. The lowest BCUT2D eigenvalue weighted by Gasteiger charge is -2.23. The van der Waals surface area contributed by atoms with Gasteiger partial charge in [0.1, 0.15) is 0 Å². The number of carbonyl (C=O) groups excluding carboxylic acids is 1. The van der Waals surface area contributed by atoms with Crippen LogP contribution in [0, 0.1) is 6.92 Å². The third-order valence-corrected chi connectivity index (χ3v) is 4.44. The largest absolute Gasteiger partial charge is 0.334 e. The Kier molecular flexibility index (Phi) is 4.18. The molecular formula is C16H19ClN4O. The number of hydrogen-bond donors (Lipinski definition) is 1. The second kappa shape index (κ2) is 6.10. The van der Waals surface area contributed by atoms with Gasteiger partial charge in [-0.15, -0.1) is 0 Å². The summed E-state index contributed by atoms with van der Waals surface area (Å²) in [6.07, 6.45) is 3.61. The molecule has 0 bridgehead atoms. The lowest BCUT2D eigenvalue weighted by Crippen LogP contribution is -2.40. The number of carbonyl (C=O) groups is 1. The van der Waals surface area contributed by atoms with E-state index in [9.17, 15) is 4.79 Å². The summed E-state index contributed by atoms with van der Waals surface area (Å²) in [4.78, 5) is 14.6. The van der Waals surface area contributed by atoms with Crippen molar-refractivity contribution in [3.8, 4) is 5.69 Å². The quantitative estimate of drug-likeness (QED) is 0.945. The van der Waals surface area contributed by atoms with Crippen molar-refractivity contribution in [2.45, 2.75) is 25.8 Å². The van der Waals surface area contributed by atoms with Crippen molar-refractivity contribution < 1.29 is 4.79 Å². The van der Waals surface area contributed by atoms with Crippen LogP contribution in [-0.2, 0) is 0 Å². The molecule has 1 aliphatic heterocycles. The minimum atomic E-state index is 0.0127. The standard InChI is InChI=1S/C16H19ClN4O/c1-11-15(16(22)20-7-3-6-14(20)9-18)10-19-21(11)13-5-2-4-12(17)8-13/h2,4-5,8,10,14H,3,6-7,9,18H2,1H3. The number of nitrogens with zero attached hydrogens (tertiary/aromatic N) is 3. The zero-order valence-corrected chi connectivity index (χ0v) is 13.3. The van der Waals surface area contributed by atoms with Crippen molar-refractivity contribution in [1.82, 2.24) is 14.7 Å². The summed E-state index contributed by atoms with van der Waals surface area (Å²) >= 11 is 6.03. The molecule has 22 heavy (non-hydrogen) atoms. The summed E-state index contributed by atoms with van der Waals surface area (Å²) in [7, 11) is 0. The first-order valence-electron chi connectivity index (χ1n) is 7.43. The first kappa shape index (κ1) is 15.1. The molecule has 0 radical (unpaired) electrons. The fourth-order valence-corrected chi connectivity index (χ4v) is 3.18. The van der Waals surface area contributed by atoms with Crippen LogP contribution in [-0.4, -0.2) is 39.7 Å². The molecular weight excluding hydrogens is 300 g/mol. The molecule has 2 aromatic rings. The average molecular weight is 319 g/mol. The monoisotopic (exact) mass is 318 g/mol. The van der Waals surface area contributed by atoms with Gasteiger partial charge in [-0.1, -0.05) is 17.7 Å². The topological polar surface area (TPSA) is 64.2 Å². The summed E-state index contributed by atoms with van der Waals surface area (Å²) in [6, 6.07) is 7.56. The molecule has 1 atom stereocenters. The van der Waals surface area contributed by atoms with E-state index >= 15 is 0 Å². The van der Waals surface area contributed by atoms with Gasteiger partial charge in [-0.2, -0.15) is 5.10 Å². The summed E-state index contributed by atoms with van der Waals surface area (Å²) in [5.41, 5.74) is 8.05. The molecule has 6 heteroatoms. The molecule has 1 aromatic carbocycles. The number of benzene rings is 1. The number of likely N-dealkylation sites (tertiary alicyclic amines) is 1. The fourth-order valence-electron chi connectivity index (χ4n) is 2.99. The van der Waals surface area contributed by atoms with Crippen LogP contribution in [0.25, 0.3) is 5.69 Å². The van der Waals surface area contributed by atoms with Crippen LogP contribution in [0.5, 0.6) is 0 Å². The SMILES string of the molecule is Cc1c(C(=O)N2CCCC2CN)cnn1-c1cccc(Cl)c1. The molecule has 1 saturated heterocycles. The van der Waals surface area contributed by atoms with Gasteiger partial charge in [-0.25, -0.2) is 4.68 Å². The summed E-state index contributed by atoms with van der Waals surface area (Å²) in [6.45, 7) is 3.17. The minimum Gasteiger partial charge on any atom is -0.334 e. The highest BCUT2D eigenvalue weighted by molar-refractivity contribution is 6.30. The van der Waals surface area contributed by atoms with Crippen molar-refractivity contribution in [3.63, 3.8) is 0 Å². The Morgan fingerprint density at radius 1 is 1.50 bits per heavy atom. The minimum absolute atomic E-state index is 0.0127. The summed E-state index contributed by atoms with van der Waals surface area (Å²) < 4.78 is 1.74. The van der Waals surface area contributed by atoms with Gasteiger partial charge >= 0.3 is 0 Å². The Labute approximate surface area is 134 Å². The van der Waals surface area contributed by atoms with Crippen LogP contribution in [0.15, 0.2) is 30.5 Å². The lowest BCUT2D eigenvalue weighted by molar-refractivity contribution is 0.0740. The van der Waals surface area contributed by atoms with E-state index in [1.807, 2.05) is 36.1 Å². The van der Waals surface area contributed by atoms with Crippen molar-refractivity contribution in [2.75, 3.05) is 13.1 Å². The second-order valence-electron chi connectivity index (χ2n) is 5.57. The molecule has 1 amide bonds. The molecule has 0 saturated carbocycles. The van der Waals surface area contributed by atoms with Crippen molar-refractivity contribution in [1.29, 1.82) is 0 Å². The highest BCUT2D eigenvalue weighted by Crippen LogP contribution is 2.23. The van der Waals surface area contributed by atoms with Crippen LogP contribution in [0.3, 0.4) is 0 Å². The van der Waals surface area contributed by atoms with E-state index in [2.05, 4.69) is 5.10 Å². The third kappa shape index (κ3) is 2.62. The number of aromatic nitrogens is 2. The first-order valence-corrected chi connectivity index (χ1v) is 7.81. The number of nitrogens with two attached hydrogens (primary N) is 1.